The van der Waals surface area contributed by atoms with E-state index in [0.717, 1.165) is 19.3 Å². The third-order valence-corrected chi connectivity index (χ3v) is 4.20. The second-order valence-corrected chi connectivity index (χ2v) is 7.92. The molecule has 136 valence electrons. The van der Waals surface area contributed by atoms with Gasteiger partial charge < -0.3 is 15.4 Å². The topological polar surface area (TPSA) is 50.4 Å². The van der Waals surface area contributed by atoms with Crippen molar-refractivity contribution < 1.29 is 9.53 Å². The Hall–Kier alpha value is -0.840. The number of hydrogen-bond donors (Lipinski definition) is 2. The normalized spacial score (nSPS) is 12.5. The van der Waals surface area contributed by atoms with Crippen molar-refractivity contribution in [2.45, 2.75) is 55.4 Å². The molecule has 4 nitrogen and oxygen atoms in total. The molecular formula is C17H25Cl3N2O2. The van der Waals surface area contributed by atoms with E-state index in [1.807, 2.05) is 12.1 Å². The van der Waals surface area contributed by atoms with Gasteiger partial charge in [-0.05, 0) is 18.6 Å². The van der Waals surface area contributed by atoms with E-state index in [4.69, 9.17) is 39.5 Å². The van der Waals surface area contributed by atoms with E-state index < -0.39 is 9.96 Å². The summed E-state index contributed by atoms with van der Waals surface area (Å²) in [5.74, 6) is 0.454. The zero-order valence-electron chi connectivity index (χ0n) is 14.1. The van der Waals surface area contributed by atoms with Crippen molar-refractivity contribution in [1.29, 1.82) is 0 Å². The fourth-order valence-corrected chi connectivity index (χ4v) is 2.57. The number of ether oxygens (including phenoxy) is 1. The number of alkyl halides is 3. The van der Waals surface area contributed by atoms with Crippen molar-refractivity contribution in [1.82, 2.24) is 5.32 Å². The molecular weight excluding hydrogens is 371 g/mol. The highest BCUT2D eigenvalue weighted by Crippen LogP contribution is 2.33. The number of carbonyl (C=O) groups is 1. The predicted octanol–water partition coefficient (Wildman–Crippen LogP) is 5.28. The standard InChI is InChI=1S/C17H25Cl3N2O2/c1-3-4-5-6-7-12-15(23)22-16(17(18,19)20)21-13-10-8-9-11-14(13)24-2/h8-11,16,21H,3-7,12H2,1-2H3,(H,22,23)/t16-/m0/s1. The van der Waals surface area contributed by atoms with E-state index in [2.05, 4.69) is 17.6 Å². The first-order chi connectivity index (χ1) is 11.4. The maximum atomic E-state index is 12.1. The lowest BCUT2D eigenvalue weighted by Gasteiger charge is -2.28. The third-order valence-electron chi connectivity index (χ3n) is 3.55. The van der Waals surface area contributed by atoms with Gasteiger partial charge in [0.25, 0.3) is 0 Å². The third kappa shape index (κ3) is 7.82. The van der Waals surface area contributed by atoms with Gasteiger partial charge in [-0.25, -0.2) is 0 Å². The quantitative estimate of drug-likeness (QED) is 0.322. The highest BCUT2D eigenvalue weighted by atomic mass is 35.6. The first kappa shape index (κ1) is 21.2. The van der Waals surface area contributed by atoms with Crippen LogP contribution in [0.3, 0.4) is 0 Å². The molecule has 0 saturated carbocycles. The van der Waals surface area contributed by atoms with Gasteiger partial charge in [0.05, 0.1) is 12.8 Å². The zero-order chi connectivity index (χ0) is 18.0. The number of unbranched alkanes of at least 4 members (excludes halogenated alkanes) is 4. The van der Waals surface area contributed by atoms with Gasteiger partial charge in [-0.2, -0.15) is 0 Å². The molecule has 7 heteroatoms. The molecule has 0 spiro atoms. The van der Waals surface area contributed by atoms with E-state index in [1.165, 1.54) is 12.8 Å². The minimum absolute atomic E-state index is 0.148. The summed E-state index contributed by atoms with van der Waals surface area (Å²) >= 11 is 18.0. The second kappa shape index (κ2) is 10.9. The van der Waals surface area contributed by atoms with Crippen LogP contribution in [-0.4, -0.2) is 23.0 Å². The smallest absolute Gasteiger partial charge is 0.228 e. The Balaban J connectivity index is 2.61. The molecule has 24 heavy (non-hydrogen) atoms. The van der Waals surface area contributed by atoms with Gasteiger partial charge in [0.1, 0.15) is 11.9 Å². The van der Waals surface area contributed by atoms with Gasteiger partial charge in [-0.15, -0.1) is 0 Å². The van der Waals surface area contributed by atoms with Crippen LogP contribution in [0.2, 0.25) is 0 Å². The first-order valence-corrected chi connectivity index (χ1v) is 9.27. The molecule has 0 heterocycles. The Kier molecular flexibility index (Phi) is 9.64. The first-order valence-electron chi connectivity index (χ1n) is 8.14. The molecule has 0 aliphatic heterocycles. The Morgan fingerprint density at radius 2 is 1.83 bits per heavy atom. The molecule has 1 aromatic rings. The van der Waals surface area contributed by atoms with Crippen LogP contribution in [0.1, 0.15) is 45.4 Å². The molecule has 1 amide bonds. The lowest BCUT2D eigenvalue weighted by atomic mass is 10.1. The largest absolute Gasteiger partial charge is 0.495 e. The summed E-state index contributed by atoms with van der Waals surface area (Å²) in [5, 5.41) is 5.77. The monoisotopic (exact) mass is 394 g/mol. The maximum absolute atomic E-state index is 12.1. The summed E-state index contributed by atoms with van der Waals surface area (Å²) in [7, 11) is 1.56. The Morgan fingerprint density at radius 3 is 2.46 bits per heavy atom. The summed E-state index contributed by atoms with van der Waals surface area (Å²) in [6, 6.07) is 7.24. The number of benzene rings is 1. The lowest BCUT2D eigenvalue weighted by Crippen LogP contribution is -2.49. The van der Waals surface area contributed by atoms with Crippen molar-refractivity contribution >= 4 is 46.4 Å². The fraction of sp³-hybridized carbons (Fsp3) is 0.588. The molecule has 0 bridgehead atoms. The molecule has 0 aliphatic rings. The fourth-order valence-electron chi connectivity index (χ4n) is 2.24. The minimum Gasteiger partial charge on any atom is -0.495 e. The molecule has 1 rings (SSSR count). The maximum Gasteiger partial charge on any atom is 0.228 e. The number of amides is 1. The van der Waals surface area contributed by atoms with Gasteiger partial charge in [-0.1, -0.05) is 79.5 Å². The lowest BCUT2D eigenvalue weighted by molar-refractivity contribution is -0.121. The van der Waals surface area contributed by atoms with Crippen LogP contribution < -0.4 is 15.4 Å². The second-order valence-electron chi connectivity index (χ2n) is 5.55. The molecule has 1 atom stereocenters. The number of anilines is 1. The molecule has 0 aliphatic carbocycles. The number of hydrogen-bond acceptors (Lipinski definition) is 3. The van der Waals surface area contributed by atoms with Gasteiger partial charge in [0, 0.05) is 6.42 Å². The molecule has 0 aromatic heterocycles. The van der Waals surface area contributed by atoms with E-state index in [9.17, 15) is 4.79 Å². The molecule has 2 N–H and O–H groups in total. The van der Waals surface area contributed by atoms with E-state index >= 15 is 0 Å². The van der Waals surface area contributed by atoms with Crippen LogP contribution >= 0.6 is 34.8 Å². The summed E-state index contributed by atoms with van der Waals surface area (Å²) in [6.45, 7) is 2.15. The number of halogens is 3. The number of rotatable bonds is 10. The number of para-hydroxylation sites is 2. The molecule has 0 saturated heterocycles. The summed E-state index contributed by atoms with van der Waals surface area (Å²) < 4.78 is 3.57. The predicted molar refractivity (Wildman–Crippen MR) is 102 cm³/mol. The van der Waals surface area contributed by atoms with E-state index in [1.54, 1.807) is 19.2 Å². The Labute approximate surface area is 159 Å². The molecule has 1 aromatic carbocycles. The van der Waals surface area contributed by atoms with Gasteiger partial charge in [0.15, 0.2) is 0 Å². The molecule has 0 radical (unpaired) electrons. The summed E-state index contributed by atoms with van der Waals surface area (Å²) in [5.41, 5.74) is 0.638. The van der Waals surface area contributed by atoms with Gasteiger partial charge >= 0.3 is 0 Å². The van der Waals surface area contributed by atoms with Crippen LogP contribution in [0.15, 0.2) is 24.3 Å². The highest BCUT2D eigenvalue weighted by molar-refractivity contribution is 6.68. The molecule has 0 fully saturated rings. The van der Waals surface area contributed by atoms with Crippen LogP contribution in [0, 0.1) is 0 Å². The average Bonchev–Trinajstić information content (AvgIpc) is 2.53. The Bertz CT molecular complexity index is 507. The van der Waals surface area contributed by atoms with Gasteiger partial charge in [0.2, 0.25) is 9.70 Å². The van der Waals surface area contributed by atoms with Crippen LogP contribution in [0.4, 0.5) is 5.69 Å². The minimum atomic E-state index is -1.70. The summed E-state index contributed by atoms with van der Waals surface area (Å²) in [6.07, 6.45) is 4.90. The van der Waals surface area contributed by atoms with Crippen molar-refractivity contribution in [3.63, 3.8) is 0 Å². The van der Waals surface area contributed by atoms with Crippen LogP contribution in [0.5, 0.6) is 5.75 Å². The van der Waals surface area contributed by atoms with E-state index in [0.29, 0.717) is 17.9 Å². The van der Waals surface area contributed by atoms with Crippen LogP contribution in [-0.2, 0) is 4.79 Å². The number of nitrogens with one attached hydrogen (secondary N) is 2. The average molecular weight is 396 g/mol. The van der Waals surface area contributed by atoms with Crippen LogP contribution in [0.25, 0.3) is 0 Å². The Morgan fingerprint density at radius 1 is 1.17 bits per heavy atom. The number of carbonyl (C=O) groups excluding carboxylic acids is 1. The van der Waals surface area contributed by atoms with Crippen molar-refractivity contribution in [2.24, 2.45) is 0 Å². The van der Waals surface area contributed by atoms with Gasteiger partial charge in [-0.3, -0.25) is 4.79 Å². The number of methoxy groups -OCH3 is 1. The van der Waals surface area contributed by atoms with Crippen molar-refractivity contribution in [3.8, 4) is 5.75 Å². The van der Waals surface area contributed by atoms with Crippen molar-refractivity contribution in [2.75, 3.05) is 12.4 Å². The highest BCUT2D eigenvalue weighted by Gasteiger charge is 2.34. The van der Waals surface area contributed by atoms with E-state index in [-0.39, 0.29) is 5.91 Å². The van der Waals surface area contributed by atoms with Crippen molar-refractivity contribution in [3.05, 3.63) is 24.3 Å². The zero-order valence-corrected chi connectivity index (χ0v) is 16.3. The molecule has 0 unspecified atom stereocenters. The summed E-state index contributed by atoms with van der Waals surface area (Å²) in [4.78, 5) is 12.1. The SMILES string of the molecule is CCCCCCCC(=O)N[C@H](Nc1ccccc1OC)C(Cl)(Cl)Cl.